The molecule has 1 aromatic carbocycles. The molecule has 128 valence electrons. The highest BCUT2D eigenvalue weighted by molar-refractivity contribution is 6.22. The molecule has 2 heterocycles. The lowest BCUT2D eigenvalue weighted by Gasteiger charge is -2.13. The molecule has 0 unspecified atom stereocenters. The molecule has 6 nitrogen and oxygen atoms in total. The van der Waals surface area contributed by atoms with E-state index in [9.17, 15) is 14.4 Å². The Labute approximate surface area is 145 Å². The number of aryl methyl sites for hydroxylation is 1. The van der Waals surface area contributed by atoms with Gasteiger partial charge in [0.1, 0.15) is 6.54 Å². The molecule has 0 spiro atoms. The van der Waals surface area contributed by atoms with Crippen LogP contribution < -0.4 is 5.32 Å². The summed E-state index contributed by atoms with van der Waals surface area (Å²) >= 11 is 0. The van der Waals surface area contributed by atoms with Crippen LogP contribution in [0.2, 0.25) is 0 Å². The molecule has 1 aromatic heterocycles. The summed E-state index contributed by atoms with van der Waals surface area (Å²) < 4.78 is 0. The first kappa shape index (κ1) is 16.8. The maximum Gasteiger partial charge on any atom is 0.262 e. The van der Waals surface area contributed by atoms with E-state index < -0.39 is 11.8 Å². The molecule has 3 rings (SSSR count). The Morgan fingerprint density at radius 1 is 1.00 bits per heavy atom. The van der Waals surface area contributed by atoms with Crippen molar-refractivity contribution in [2.45, 2.75) is 19.3 Å². The normalized spacial score (nSPS) is 13.0. The van der Waals surface area contributed by atoms with Crippen LogP contribution in [0.3, 0.4) is 0 Å². The van der Waals surface area contributed by atoms with Crippen molar-refractivity contribution in [1.29, 1.82) is 0 Å². The molecule has 0 aliphatic carbocycles. The average molecular weight is 337 g/mol. The van der Waals surface area contributed by atoms with Crippen molar-refractivity contribution >= 4 is 17.7 Å². The molecule has 1 aliphatic rings. The number of pyridine rings is 1. The fourth-order valence-electron chi connectivity index (χ4n) is 2.81. The lowest BCUT2D eigenvalue weighted by Crippen LogP contribution is -2.40. The van der Waals surface area contributed by atoms with Crippen molar-refractivity contribution in [3.8, 4) is 0 Å². The van der Waals surface area contributed by atoms with Crippen molar-refractivity contribution in [2.75, 3.05) is 13.1 Å². The van der Waals surface area contributed by atoms with Gasteiger partial charge in [0.25, 0.3) is 11.8 Å². The number of carbonyl (C=O) groups is 3. The van der Waals surface area contributed by atoms with Crippen LogP contribution in [0.1, 0.15) is 39.1 Å². The van der Waals surface area contributed by atoms with Crippen LogP contribution in [-0.4, -0.2) is 40.7 Å². The van der Waals surface area contributed by atoms with E-state index in [2.05, 4.69) is 10.3 Å². The molecule has 3 amide bonds. The van der Waals surface area contributed by atoms with Crippen LogP contribution in [-0.2, 0) is 11.2 Å². The molecule has 2 aromatic rings. The smallest absolute Gasteiger partial charge is 0.262 e. The highest BCUT2D eigenvalue weighted by Gasteiger charge is 2.36. The highest BCUT2D eigenvalue weighted by atomic mass is 16.2. The second kappa shape index (κ2) is 7.70. The van der Waals surface area contributed by atoms with E-state index in [1.54, 1.807) is 30.5 Å². The summed E-state index contributed by atoms with van der Waals surface area (Å²) in [6, 6.07) is 10.5. The topological polar surface area (TPSA) is 79.4 Å². The van der Waals surface area contributed by atoms with Crippen molar-refractivity contribution in [1.82, 2.24) is 15.2 Å². The van der Waals surface area contributed by atoms with E-state index in [0.29, 0.717) is 17.7 Å². The zero-order chi connectivity index (χ0) is 17.6. The summed E-state index contributed by atoms with van der Waals surface area (Å²) in [5.41, 5.74) is 1.88. The molecule has 0 bridgehead atoms. The van der Waals surface area contributed by atoms with Crippen LogP contribution in [0.25, 0.3) is 0 Å². The van der Waals surface area contributed by atoms with Gasteiger partial charge >= 0.3 is 0 Å². The minimum Gasteiger partial charge on any atom is -0.355 e. The molecule has 0 atom stereocenters. The third-order valence-electron chi connectivity index (χ3n) is 4.12. The SMILES string of the molecule is O=C(CN1C(=O)c2ccccc2C1=O)NCCCCc1cccnc1. The second-order valence-electron chi connectivity index (χ2n) is 5.91. The van der Waals surface area contributed by atoms with Crippen LogP contribution in [0, 0.1) is 0 Å². The molecular weight excluding hydrogens is 318 g/mol. The number of hydrogen-bond acceptors (Lipinski definition) is 4. The molecular formula is C19H19N3O3. The number of hydrogen-bond donors (Lipinski definition) is 1. The van der Waals surface area contributed by atoms with Crippen molar-refractivity contribution < 1.29 is 14.4 Å². The summed E-state index contributed by atoms with van der Waals surface area (Å²) in [5.74, 6) is -1.14. The molecule has 6 heteroatoms. The van der Waals surface area contributed by atoms with Gasteiger partial charge in [0.05, 0.1) is 11.1 Å². The van der Waals surface area contributed by atoms with Crippen molar-refractivity contribution in [2.24, 2.45) is 0 Å². The number of nitrogens with one attached hydrogen (secondary N) is 1. The third kappa shape index (κ3) is 3.91. The fourth-order valence-corrected chi connectivity index (χ4v) is 2.81. The average Bonchev–Trinajstić information content (AvgIpc) is 2.88. The number of benzene rings is 1. The summed E-state index contributed by atoms with van der Waals surface area (Å²) in [6.07, 6.45) is 6.23. The molecule has 0 radical (unpaired) electrons. The summed E-state index contributed by atoms with van der Waals surface area (Å²) in [5, 5.41) is 2.76. The van der Waals surface area contributed by atoms with E-state index in [4.69, 9.17) is 0 Å². The van der Waals surface area contributed by atoms with E-state index >= 15 is 0 Å². The van der Waals surface area contributed by atoms with Gasteiger partial charge in [-0.15, -0.1) is 0 Å². The Morgan fingerprint density at radius 3 is 2.36 bits per heavy atom. The first-order valence-electron chi connectivity index (χ1n) is 8.27. The molecule has 0 fully saturated rings. The van der Waals surface area contributed by atoms with E-state index in [0.717, 1.165) is 24.2 Å². The second-order valence-corrected chi connectivity index (χ2v) is 5.91. The number of rotatable bonds is 7. The first-order chi connectivity index (χ1) is 12.2. The number of fused-ring (bicyclic) bond motifs is 1. The van der Waals surface area contributed by atoms with Crippen LogP contribution >= 0.6 is 0 Å². The van der Waals surface area contributed by atoms with Gasteiger partial charge in [0.15, 0.2) is 0 Å². The highest BCUT2D eigenvalue weighted by Crippen LogP contribution is 2.21. The molecule has 0 saturated heterocycles. The third-order valence-corrected chi connectivity index (χ3v) is 4.12. The summed E-state index contributed by atoms with van der Waals surface area (Å²) in [6.45, 7) is 0.275. The monoisotopic (exact) mass is 337 g/mol. The maximum atomic E-state index is 12.2. The Kier molecular flexibility index (Phi) is 5.18. The molecule has 1 N–H and O–H groups in total. The minimum atomic E-state index is -0.410. The van der Waals surface area contributed by atoms with Gasteiger partial charge in [-0.25, -0.2) is 0 Å². The lowest BCUT2D eigenvalue weighted by atomic mass is 10.1. The standard InChI is InChI=1S/C19H19N3O3/c23-17(21-11-4-3-6-14-7-5-10-20-12-14)13-22-18(24)15-8-1-2-9-16(15)19(22)25/h1-2,5,7-10,12H,3-4,6,11,13H2,(H,21,23). The van der Waals surface area contributed by atoms with Gasteiger partial charge in [-0.2, -0.15) is 0 Å². The Balaban J connectivity index is 1.41. The Hall–Kier alpha value is -3.02. The van der Waals surface area contributed by atoms with E-state index in [-0.39, 0.29) is 12.5 Å². The van der Waals surface area contributed by atoms with Crippen LogP contribution in [0.15, 0.2) is 48.8 Å². The Bertz CT molecular complexity index is 755. The number of amides is 3. The summed E-state index contributed by atoms with van der Waals surface area (Å²) in [4.78, 5) is 41.5. The predicted molar refractivity (Wildman–Crippen MR) is 92.0 cm³/mol. The van der Waals surface area contributed by atoms with Gasteiger partial charge in [-0.05, 0) is 43.0 Å². The number of unbranched alkanes of at least 4 members (excludes halogenated alkanes) is 1. The van der Waals surface area contributed by atoms with Gasteiger partial charge in [0, 0.05) is 18.9 Å². The minimum absolute atomic E-state index is 0.241. The predicted octanol–water partition coefficient (Wildman–Crippen LogP) is 1.82. The number of carbonyl (C=O) groups excluding carboxylic acids is 3. The summed E-state index contributed by atoms with van der Waals surface area (Å²) in [7, 11) is 0. The zero-order valence-electron chi connectivity index (χ0n) is 13.8. The van der Waals surface area contributed by atoms with Crippen LogP contribution in [0.5, 0.6) is 0 Å². The number of aromatic nitrogens is 1. The zero-order valence-corrected chi connectivity index (χ0v) is 13.8. The van der Waals surface area contributed by atoms with Gasteiger partial charge < -0.3 is 5.32 Å². The van der Waals surface area contributed by atoms with Crippen molar-refractivity contribution in [3.63, 3.8) is 0 Å². The molecule has 1 aliphatic heterocycles. The number of nitrogens with zero attached hydrogens (tertiary/aromatic N) is 2. The molecule has 25 heavy (non-hydrogen) atoms. The van der Waals surface area contributed by atoms with Crippen molar-refractivity contribution in [3.05, 3.63) is 65.5 Å². The quantitative estimate of drug-likeness (QED) is 0.617. The lowest BCUT2D eigenvalue weighted by molar-refractivity contribution is -0.121. The van der Waals surface area contributed by atoms with Crippen LogP contribution in [0.4, 0.5) is 0 Å². The number of imide groups is 1. The first-order valence-corrected chi connectivity index (χ1v) is 8.27. The Morgan fingerprint density at radius 2 is 1.72 bits per heavy atom. The molecule has 0 saturated carbocycles. The maximum absolute atomic E-state index is 12.2. The largest absolute Gasteiger partial charge is 0.355 e. The van der Waals surface area contributed by atoms with Gasteiger partial charge in [0.2, 0.25) is 5.91 Å². The van der Waals surface area contributed by atoms with E-state index in [1.807, 2.05) is 18.3 Å². The van der Waals surface area contributed by atoms with E-state index in [1.165, 1.54) is 5.56 Å². The van der Waals surface area contributed by atoms with Gasteiger partial charge in [-0.3, -0.25) is 24.3 Å². The fraction of sp³-hybridized carbons (Fsp3) is 0.263. The van der Waals surface area contributed by atoms with Gasteiger partial charge in [-0.1, -0.05) is 18.2 Å².